The average molecular weight is 635 g/mol. The summed E-state index contributed by atoms with van der Waals surface area (Å²) in [4.78, 5) is 13.5. The Bertz CT molecular complexity index is 1990. The predicted molar refractivity (Wildman–Crippen MR) is 166 cm³/mol. The smallest absolute Gasteiger partial charge is 0.237 e. The molecular formula is C32H29F3N6O3S. The van der Waals surface area contributed by atoms with Crippen LogP contribution in [0.25, 0.3) is 22.0 Å². The minimum atomic E-state index is -4.31. The largest absolute Gasteiger partial charge is 0.437 e. The number of aryl methyl sites for hydroxylation is 1. The Morgan fingerprint density at radius 1 is 0.978 bits per heavy atom. The molecule has 0 unspecified atom stereocenters. The van der Waals surface area contributed by atoms with Gasteiger partial charge in [0.25, 0.3) is 0 Å². The maximum atomic E-state index is 15.1. The van der Waals surface area contributed by atoms with Crippen LogP contribution in [0.5, 0.6) is 11.6 Å². The first kappa shape index (κ1) is 30.3. The van der Waals surface area contributed by atoms with E-state index in [1.807, 2.05) is 6.07 Å². The van der Waals surface area contributed by atoms with Crippen molar-refractivity contribution in [3.63, 3.8) is 0 Å². The molecular weight excluding hydrogens is 605 g/mol. The van der Waals surface area contributed by atoms with E-state index in [0.717, 1.165) is 44.1 Å². The SMILES string of the molecule is Cc1ccc2c(NS(=O)(=O)Cc3ccc(F)cc3F)c(F)ccc2c1Oc1ncccc1-c1ccnc(N[C@H]2CCCNC2)n1. The van der Waals surface area contributed by atoms with E-state index in [1.54, 1.807) is 43.6 Å². The lowest BCUT2D eigenvalue weighted by Crippen LogP contribution is -2.38. The third-order valence-electron chi connectivity index (χ3n) is 7.45. The molecule has 0 amide bonds. The quantitative estimate of drug-likeness (QED) is 0.173. The van der Waals surface area contributed by atoms with E-state index >= 15 is 4.39 Å². The molecule has 0 bridgehead atoms. The summed E-state index contributed by atoms with van der Waals surface area (Å²) in [5, 5.41) is 7.35. The molecule has 1 fully saturated rings. The van der Waals surface area contributed by atoms with E-state index in [2.05, 4.69) is 25.3 Å². The molecule has 0 radical (unpaired) electrons. The molecule has 45 heavy (non-hydrogen) atoms. The Hall–Kier alpha value is -4.75. The highest BCUT2D eigenvalue weighted by molar-refractivity contribution is 7.91. The van der Waals surface area contributed by atoms with E-state index in [1.165, 1.54) is 6.07 Å². The fraction of sp³-hybridized carbons (Fsp3) is 0.219. The van der Waals surface area contributed by atoms with Crippen LogP contribution in [-0.2, 0) is 15.8 Å². The van der Waals surface area contributed by atoms with Gasteiger partial charge < -0.3 is 15.4 Å². The van der Waals surface area contributed by atoms with Crippen molar-refractivity contribution < 1.29 is 26.3 Å². The molecule has 0 saturated carbocycles. The van der Waals surface area contributed by atoms with Crippen LogP contribution in [0.15, 0.2) is 73.1 Å². The van der Waals surface area contributed by atoms with Gasteiger partial charge in [0.15, 0.2) is 0 Å². The van der Waals surface area contributed by atoms with Gasteiger partial charge in [0.05, 0.1) is 22.7 Å². The summed E-state index contributed by atoms with van der Waals surface area (Å²) in [5.41, 5.74) is 1.26. The van der Waals surface area contributed by atoms with Gasteiger partial charge in [0.1, 0.15) is 23.2 Å². The number of anilines is 2. The fourth-order valence-corrected chi connectivity index (χ4v) is 6.47. The van der Waals surface area contributed by atoms with Crippen molar-refractivity contribution in [2.45, 2.75) is 31.6 Å². The third kappa shape index (κ3) is 6.84. The Labute approximate surface area is 258 Å². The van der Waals surface area contributed by atoms with Crippen LogP contribution in [-0.4, -0.2) is 42.5 Å². The molecule has 2 aromatic heterocycles. The summed E-state index contributed by atoms with van der Waals surface area (Å²) in [6.07, 6.45) is 5.28. The molecule has 1 atom stereocenters. The van der Waals surface area contributed by atoms with Crippen LogP contribution in [0.1, 0.15) is 24.0 Å². The van der Waals surface area contributed by atoms with E-state index in [-0.39, 0.29) is 28.6 Å². The first-order valence-corrected chi connectivity index (χ1v) is 15.9. The molecule has 1 saturated heterocycles. The van der Waals surface area contributed by atoms with E-state index < -0.39 is 33.2 Å². The highest BCUT2D eigenvalue weighted by Crippen LogP contribution is 2.40. The van der Waals surface area contributed by atoms with Gasteiger partial charge >= 0.3 is 0 Å². The summed E-state index contributed by atoms with van der Waals surface area (Å²) in [7, 11) is -4.31. The van der Waals surface area contributed by atoms with Crippen molar-refractivity contribution in [2.75, 3.05) is 23.1 Å². The van der Waals surface area contributed by atoms with Crippen LogP contribution in [0.4, 0.5) is 24.8 Å². The zero-order valence-electron chi connectivity index (χ0n) is 24.1. The lowest BCUT2D eigenvalue weighted by atomic mass is 10.0. The molecule has 0 aliphatic carbocycles. The lowest BCUT2D eigenvalue weighted by Gasteiger charge is -2.23. The highest BCUT2D eigenvalue weighted by Gasteiger charge is 2.22. The molecule has 1 aliphatic rings. The van der Waals surface area contributed by atoms with Crippen molar-refractivity contribution in [3.05, 3.63) is 102 Å². The maximum Gasteiger partial charge on any atom is 0.237 e. The van der Waals surface area contributed by atoms with Gasteiger partial charge in [0.2, 0.25) is 21.9 Å². The van der Waals surface area contributed by atoms with Crippen LogP contribution in [0, 0.1) is 24.4 Å². The topological polar surface area (TPSA) is 118 Å². The number of ether oxygens (including phenoxy) is 1. The molecule has 3 aromatic carbocycles. The number of nitrogens with one attached hydrogen (secondary N) is 3. The van der Waals surface area contributed by atoms with Gasteiger partial charge in [0, 0.05) is 47.4 Å². The molecule has 0 spiro atoms. The number of aromatic nitrogens is 3. The maximum absolute atomic E-state index is 15.1. The van der Waals surface area contributed by atoms with Crippen molar-refractivity contribution in [1.29, 1.82) is 0 Å². The molecule has 6 rings (SSSR count). The third-order valence-corrected chi connectivity index (χ3v) is 8.65. The van der Waals surface area contributed by atoms with E-state index in [0.29, 0.717) is 40.0 Å². The van der Waals surface area contributed by atoms with Gasteiger partial charge in [-0.15, -0.1) is 0 Å². The number of pyridine rings is 1. The van der Waals surface area contributed by atoms with Crippen LogP contribution < -0.4 is 20.1 Å². The van der Waals surface area contributed by atoms with Gasteiger partial charge in [-0.2, -0.15) is 0 Å². The number of sulfonamides is 1. The second-order valence-corrected chi connectivity index (χ2v) is 12.5. The number of benzene rings is 3. The minimum absolute atomic E-state index is 0.207. The molecule has 9 nitrogen and oxygen atoms in total. The Morgan fingerprint density at radius 3 is 2.62 bits per heavy atom. The number of rotatable bonds is 9. The number of hydrogen-bond donors (Lipinski definition) is 3. The summed E-state index contributed by atoms with van der Waals surface area (Å²) < 4.78 is 77.3. The molecule has 13 heteroatoms. The lowest BCUT2D eigenvalue weighted by molar-refractivity contribution is 0.466. The standard InChI is InChI=1S/C32H29F3N6O3S/c1-19-6-9-23-24(10-11-26(34)29(23)41-45(42,43)18-20-7-8-21(33)16-27(20)35)30(19)44-31-25(5-3-14-37-31)28-12-15-38-32(40-28)39-22-4-2-13-36-17-22/h3,5-12,14-16,22,36,41H,2,4,13,17-18H2,1H3,(H,38,39,40)/t22-/m0/s1. The second kappa shape index (κ2) is 12.7. The zero-order chi connectivity index (χ0) is 31.6. The number of fused-ring (bicyclic) bond motifs is 1. The minimum Gasteiger partial charge on any atom is -0.437 e. The summed E-state index contributed by atoms with van der Waals surface area (Å²) >= 11 is 0. The molecule has 1 aliphatic heterocycles. The average Bonchev–Trinajstić information content (AvgIpc) is 3.02. The number of nitrogens with zero attached hydrogens (tertiary/aromatic N) is 3. The van der Waals surface area contributed by atoms with Crippen LogP contribution >= 0.6 is 0 Å². The fourth-order valence-electron chi connectivity index (χ4n) is 5.23. The summed E-state index contributed by atoms with van der Waals surface area (Å²) in [5.74, 6) is -2.48. The second-order valence-electron chi connectivity index (χ2n) is 10.7. The molecule has 232 valence electrons. The summed E-state index contributed by atoms with van der Waals surface area (Å²) in [6.45, 7) is 3.60. The van der Waals surface area contributed by atoms with E-state index in [4.69, 9.17) is 9.72 Å². The highest BCUT2D eigenvalue weighted by atomic mass is 32.2. The number of hydrogen-bond acceptors (Lipinski definition) is 8. The number of halogens is 3. The van der Waals surface area contributed by atoms with Gasteiger partial charge in [-0.05, 0) is 68.3 Å². The normalized spacial score (nSPS) is 15.2. The van der Waals surface area contributed by atoms with Gasteiger partial charge in [-0.1, -0.05) is 18.2 Å². The Morgan fingerprint density at radius 2 is 1.82 bits per heavy atom. The van der Waals surface area contributed by atoms with Crippen LogP contribution in [0.3, 0.4) is 0 Å². The molecule has 5 aromatic rings. The molecule has 3 heterocycles. The van der Waals surface area contributed by atoms with Crippen molar-refractivity contribution in [1.82, 2.24) is 20.3 Å². The van der Waals surface area contributed by atoms with Crippen molar-refractivity contribution >= 4 is 32.4 Å². The first-order valence-electron chi connectivity index (χ1n) is 14.3. The first-order chi connectivity index (χ1) is 21.7. The number of piperidine rings is 1. The van der Waals surface area contributed by atoms with Crippen molar-refractivity contribution in [2.24, 2.45) is 0 Å². The Balaban J connectivity index is 1.32. The predicted octanol–water partition coefficient (Wildman–Crippen LogP) is 6.32. The van der Waals surface area contributed by atoms with Crippen LogP contribution in [0.2, 0.25) is 0 Å². The Kier molecular flexibility index (Phi) is 8.55. The van der Waals surface area contributed by atoms with Gasteiger partial charge in [-0.25, -0.2) is 36.5 Å². The summed E-state index contributed by atoms with van der Waals surface area (Å²) in [6, 6.07) is 13.9. The molecule has 3 N–H and O–H groups in total. The van der Waals surface area contributed by atoms with Crippen molar-refractivity contribution in [3.8, 4) is 22.9 Å². The van der Waals surface area contributed by atoms with Gasteiger partial charge in [-0.3, -0.25) is 4.72 Å². The monoisotopic (exact) mass is 634 g/mol. The van der Waals surface area contributed by atoms with E-state index in [9.17, 15) is 17.2 Å². The zero-order valence-corrected chi connectivity index (χ0v) is 25.0.